The molecule has 4 rings (SSSR count). The van der Waals surface area contributed by atoms with Crippen molar-refractivity contribution in [3.8, 4) is 5.69 Å². The second-order valence-corrected chi connectivity index (χ2v) is 10.6. The van der Waals surface area contributed by atoms with Gasteiger partial charge in [-0.3, -0.25) is 14.4 Å². The lowest BCUT2D eigenvalue weighted by Crippen LogP contribution is -2.25. The van der Waals surface area contributed by atoms with Crippen LogP contribution in [0.25, 0.3) is 22.3 Å². The van der Waals surface area contributed by atoms with Gasteiger partial charge in [0, 0.05) is 17.4 Å². The van der Waals surface area contributed by atoms with E-state index >= 15 is 0 Å². The Hall–Kier alpha value is -4.72. The molecule has 1 unspecified atom stereocenters. The van der Waals surface area contributed by atoms with Gasteiger partial charge >= 0.3 is 0 Å². The van der Waals surface area contributed by atoms with Crippen molar-refractivity contribution in [2.75, 3.05) is 0 Å². The lowest BCUT2D eigenvalue weighted by atomic mass is 9.97. The normalized spacial score (nSPS) is 13.6. The van der Waals surface area contributed by atoms with Crippen LogP contribution in [0, 0.1) is 17.6 Å². The van der Waals surface area contributed by atoms with E-state index in [0.717, 1.165) is 0 Å². The molecule has 0 amide bonds. The Kier molecular flexibility index (Phi) is 9.25. The van der Waals surface area contributed by atoms with E-state index in [9.17, 15) is 13.6 Å². The zero-order valence-electron chi connectivity index (χ0n) is 24.5. The van der Waals surface area contributed by atoms with Gasteiger partial charge in [-0.05, 0) is 80.6 Å². The number of aliphatic imine (C=N–C) groups is 2. The Morgan fingerprint density at radius 2 is 1.79 bits per heavy atom. The van der Waals surface area contributed by atoms with Crippen LogP contribution in [0.15, 0.2) is 99.2 Å². The maximum Gasteiger partial charge on any atom is 0.266 e. The molecule has 1 atom stereocenters. The zero-order chi connectivity index (χ0) is 30.6. The summed E-state index contributed by atoms with van der Waals surface area (Å²) in [5.41, 5.74) is 9.53. The van der Waals surface area contributed by atoms with E-state index in [0.29, 0.717) is 51.6 Å². The summed E-state index contributed by atoms with van der Waals surface area (Å²) in [6.45, 7) is 13.5. The Morgan fingerprint density at radius 1 is 1.07 bits per heavy atom. The van der Waals surface area contributed by atoms with E-state index in [1.54, 1.807) is 63.4 Å². The third-order valence-electron chi connectivity index (χ3n) is 6.72. The summed E-state index contributed by atoms with van der Waals surface area (Å²) in [6, 6.07) is 17.2. The Bertz CT molecular complexity index is 1790. The highest BCUT2D eigenvalue weighted by molar-refractivity contribution is 6.10. The van der Waals surface area contributed by atoms with Gasteiger partial charge in [0.1, 0.15) is 23.5 Å². The molecule has 3 aromatic carbocycles. The maximum absolute atomic E-state index is 15.0. The summed E-state index contributed by atoms with van der Waals surface area (Å²) >= 11 is 0. The van der Waals surface area contributed by atoms with Crippen LogP contribution >= 0.6 is 0 Å². The van der Waals surface area contributed by atoms with Crippen LogP contribution in [-0.4, -0.2) is 21.6 Å². The number of hydrogen-bond donors (Lipinski definition) is 1. The van der Waals surface area contributed by atoms with Gasteiger partial charge in [-0.25, -0.2) is 18.8 Å². The highest BCUT2D eigenvalue weighted by Crippen LogP contribution is 2.27. The van der Waals surface area contributed by atoms with Gasteiger partial charge in [0.15, 0.2) is 5.84 Å². The predicted molar refractivity (Wildman–Crippen MR) is 168 cm³/mol. The highest BCUT2D eigenvalue weighted by atomic mass is 19.1. The van der Waals surface area contributed by atoms with Gasteiger partial charge in [-0.15, -0.1) is 0 Å². The van der Waals surface area contributed by atoms with Crippen LogP contribution in [0.2, 0.25) is 0 Å². The van der Waals surface area contributed by atoms with Crippen molar-refractivity contribution in [2.24, 2.45) is 21.6 Å². The van der Waals surface area contributed by atoms with Crippen LogP contribution in [0.4, 0.5) is 8.78 Å². The third kappa shape index (κ3) is 6.43. The smallest absolute Gasteiger partial charge is 0.266 e. The number of benzene rings is 3. The van der Waals surface area contributed by atoms with Crippen molar-refractivity contribution in [2.45, 2.75) is 47.1 Å². The first-order valence-corrected chi connectivity index (χ1v) is 13.8. The van der Waals surface area contributed by atoms with E-state index in [4.69, 9.17) is 15.7 Å². The number of fused-ring (bicyclic) bond motifs is 1. The van der Waals surface area contributed by atoms with Crippen LogP contribution in [0.1, 0.15) is 57.6 Å². The van der Waals surface area contributed by atoms with Crippen molar-refractivity contribution in [3.05, 3.63) is 123 Å². The molecule has 0 radical (unpaired) electrons. The molecule has 1 heterocycles. The lowest BCUT2D eigenvalue weighted by Gasteiger charge is -2.18. The van der Waals surface area contributed by atoms with E-state index in [1.165, 1.54) is 28.8 Å². The molecule has 0 saturated heterocycles. The van der Waals surface area contributed by atoms with Gasteiger partial charge in [0.25, 0.3) is 5.56 Å². The minimum absolute atomic E-state index is 0.153. The summed E-state index contributed by atoms with van der Waals surface area (Å²) in [7, 11) is 0. The van der Waals surface area contributed by atoms with Crippen LogP contribution in [0.3, 0.4) is 0 Å². The molecule has 42 heavy (non-hydrogen) atoms. The molecule has 0 aliphatic carbocycles. The summed E-state index contributed by atoms with van der Waals surface area (Å²) in [6.07, 6.45) is 2.19. The number of amidine groups is 1. The molecule has 0 fully saturated rings. The van der Waals surface area contributed by atoms with E-state index in [-0.39, 0.29) is 22.7 Å². The average Bonchev–Trinajstić information content (AvgIpc) is 2.94. The average molecular weight is 568 g/mol. The first kappa shape index (κ1) is 30.2. The van der Waals surface area contributed by atoms with Gasteiger partial charge in [-0.1, -0.05) is 50.8 Å². The standard InChI is InChI=1S/C34H35F2N5O/c1-7-38-32(30(21(4)5)31(37)24-14-13-23(17-20(2)3)28(36)18-24)39-22(6)33-40-29-16-15-25(35)19-27(29)34(42)41(33)26-11-9-8-10-12-26/h7-16,18-20,22H,4,17,37H2,1-3,5-6H3. The molecule has 0 bridgehead atoms. The molecule has 0 spiro atoms. The van der Waals surface area contributed by atoms with Crippen LogP contribution < -0.4 is 11.3 Å². The fourth-order valence-electron chi connectivity index (χ4n) is 4.81. The Labute approximate surface area is 244 Å². The summed E-state index contributed by atoms with van der Waals surface area (Å²) in [5.74, 6) is 0.0337. The van der Waals surface area contributed by atoms with Gasteiger partial charge in [0.05, 0.1) is 22.3 Å². The van der Waals surface area contributed by atoms with E-state index in [2.05, 4.69) is 11.6 Å². The zero-order valence-corrected chi connectivity index (χ0v) is 24.5. The van der Waals surface area contributed by atoms with Crippen molar-refractivity contribution in [3.63, 3.8) is 0 Å². The quantitative estimate of drug-likeness (QED) is 0.137. The fourth-order valence-corrected chi connectivity index (χ4v) is 4.81. The second kappa shape index (κ2) is 12.9. The molecule has 6 nitrogen and oxygen atoms in total. The summed E-state index contributed by atoms with van der Waals surface area (Å²) in [4.78, 5) is 27.8. The third-order valence-corrected chi connectivity index (χ3v) is 6.72. The van der Waals surface area contributed by atoms with Crippen molar-refractivity contribution in [1.29, 1.82) is 0 Å². The molecule has 1 aromatic heterocycles. The van der Waals surface area contributed by atoms with Gasteiger partial charge in [-0.2, -0.15) is 0 Å². The number of para-hydroxylation sites is 1. The number of nitrogens with zero attached hydrogens (tertiary/aromatic N) is 4. The number of halogens is 2. The SMILES string of the molecule is C=C(C)C(C(N=CC)=NC(C)c1nc2ccc(F)cc2c(=O)n1-c1ccccc1)=C(N)c1ccc(CC(C)C)c(F)c1. The molecule has 8 heteroatoms. The Morgan fingerprint density at radius 3 is 2.40 bits per heavy atom. The van der Waals surface area contributed by atoms with Gasteiger partial charge in [0.2, 0.25) is 0 Å². The number of hydrogen-bond acceptors (Lipinski definition) is 4. The molecule has 4 aromatic rings. The summed E-state index contributed by atoms with van der Waals surface area (Å²) < 4.78 is 30.5. The minimum atomic E-state index is -0.696. The summed E-state index contributed by atoms with van der Waals surface area (Å²) in [5, 5.41) is 0.153. The molecule has 2 N–H and O–H groups in total. The van der Waals surface area contributed by atoms with Crippen molar-refractivity contribution < 1.29 is 8.78 Å². The first-order chi connectivity index (χ1) is 20.0. The van der Waals surface area contributed by atoms with Gasteiger partial charge < -0.3 is 5.73 Å². The number of nitrogens with two attached hydrogens (primary N) is 1. The number of aromatic nitrogens is 2. The van der Waals surface area contributed by atoms with Crippen molar-refractivity contribution >= 4 is 28.7 Å². The monoisotopic (exact) mass is 567 g/mol. The minimum Gasteiger partial charge on any atom is -0.398 e. The predicted octanol–water partition coefficient (Wildman–Crippen LogP) is 7.36. The fraction of sp³-hybridized carbons (Fsp3) is 0.235. The number of rotatable bonds is 8. The molecule has 0 aliphatic rings. The van der Waals surface area contributed by atoms with E-state index in [1.807, 2.05) is 19.9 Å². The van der Waals surface area contributed by atoms with Crippen LogP contribution in [-0.2, 0) is 6.42 Å². The Balaban J connectivity index is 1.92. The van der Waals surface area contributed by atoms with Crippen LogP contribution in [0.5, 0.6) is 0 Å². The van der Waals surface area contributed by atoms with Crippen molar-refractivity contribution in [1.82, 2.24) is 9.55 Å². The molecule has 0 aliphatic heterocycles. The van der Waals surface area contributed by atoms with E-state index < -0.39 is 17.4 Å². The first-order valence-electron chi connectivity index (χ1n) is 13.8. The largest absolute Gasteiger partial charge is 0.398 e. The molecule has 216 valence electrons. The maximum atomic E-state index is 15.0. The topological polar surface area (TPSA) is 85.6 Å². The molecule has 0 saturated carbocycles. The second-order valence-electron chi connectivity index (χ2n) is 10.6. The lowest BCUT2D eigenvalue weighted by molar-refractivity contribution is 0.574. The molecular weight excluding hydrogens is 532 g/mol. The highest BCUT2D eigenvalue weighted by Gasteiger charge is 2.21. The molecular formula is C34H35F2N5O.